The molecule has 0 bridgehead atoms. The van der Waals surface area contributed by atoms with Crippen LogP contribution in [0.15, 0.2) is 22.7 Å². The molecule has 5 nitrogen and oxygen atoms in total. The predicted molar refractivity (Wildman–Crippen MR) is 83.6 cm³/mol. The van der Waals surface area contributed by atoms with Crippen molar-refractivity contribution in [2.24, 2.45) is 5.92 Å². The Morgan fingerprint density at radius 3 is 2.86 bits per heavy atom. The predicted octanol–water partition coefficient (Wildman–Crippen LogP) is 2.79. The lowest BCUT2D eigenvalue weighted by Crippen LogP contribution is -2.26. The molecule has 0 radical (unpaired) electrons. The molecule has 0 saturated heterocycles. The average Bonchev–Trinajstić information content (AvgIpc) is 3.21. The molecule has 1 amide bonds. The minimum Gasteiger partial charge on any atom is -0.350 e. The van der Waals surface area contributed by atoms with E-state index in [1.165, 1.54) is 12.8 Å². The van der Waals surface area contributed by atoms with Crippen LogP contribution in [0, 0.1) is 19.8 Å². The van der Waals surface area contributed by atoms with Crippen LogP contribution in [-0.2, 0) is 0 Å². The van der Waals surface area contributed by atoms with E-state index in [-0.39, 0.29) is 5.91 Å². The van der Waals surface area contributed by atoms with Crippen molar-refractivity contribution in [3.05, 3.63) is 39.6 Å². The van der Waals surface area contributed by atoms with Crippen LogP contribution in [0.1, 0.15) is 34.6 Å². The zero-order valence-electron chi connectivity index (χ0n) is 12.1. The molecule has 1 aliphatic rings. The van der Waals surface area contributed by atoms with Crippen LogP contribution < -0.4 is 5.32 Å². The summed E-state index contributed by atoms with van der Waals surface area (Å²) in [5.74, 6) is 0.512. The largest absolute Gasteiger partial charge is 0.350 e. The number of hydrogen-bond acceptors (Lipinski definition) is 3. The molecule has 0 aliphatic heterocycles. The first-order chi connectivity index (χ1) is 10.1. The Balaban J connectivity index is 1.83. The van der Waals surface area contributed by atoms with Crippen LogP contribution in [-0.4, -0.2) is 27.4 Å². The Labute approximate surface area is 131 Å². The number of benzene rings is 1. The average molecular weight is 349 g/mol. The zero-order valence-corrected chi connectivity index (χ0v) is 13.6. The quantitative estimate of drug-likeness (QED) is 0.923. The Morgan fingerprint density at radius 2 is 2.19 bits per heavy atom. The monoisotopic (exact) mass is 348 g/mol. The van der Waals surface area contributed by atoms with E-state index in [9.17, 15) is 4.79 Å². The standard InChI is InChI=1S/C15H17BrN4O/c1-9-7-12(5-6-13(9)16)20-10(2)14(18-19-20)15(21)17-8-11-3-4-11/h5-7,11H,3-4,8H2,1-2H3,(H,17,21). The second kappa shape index (κ2) is 5.60. The molecule has 1 N–H and O–H groups in total. The van der Waals surface area contributed by atoms with Crippen molar-refractivity contribution in [3.63, 3.8) is 0 Å². The van der Waals surface area contributed by atoms with Crippen LogP contribution in [0.2, 0.25) is 0 Å². The third kappa shape index (κ3) is 3.00. The number of carbonyl (C=O) groups is 1. The number of nitrogens with zero attached hydrogens (tertiary/aromatic N) is 3. The van der Waals surface area contributed by atoms with Gasteiger partial charge in [-0.25, -0.2) is 4.68 Å². The molecule has 0 unspecified atom stereocenters. The molecule has 1 heterocycles. The number of amides is 1. The SMILES string of the molecule is Cc1cc(-n2nnc(C(=O)NCC3CC3)c2C)ccc1Br. The lowest BCUT2D eigenvalue weighted by atomic mass is 10.2. The topological polar surface area (TPSA) is 59.8 Å². The lowest BCUT2D eigenvalue weighted by Gasteiger charge is -2.06. The van der Waals surface area contributed by atoms with E-state index in [4.69, 9.17) is 0 Å². The molecule has 6 heteroatoms. The second-order valence-electron chi connectivity index (χ2n) is 5.52. The highest BCUT2D eigenvalue weighted by Crippen LogP contribution is 2.27. The van der Waals surface area contributed by atoms with E-state index >= 15 is 0 Å². The van der Waals surface area contributed by atoms with Crippen LogP contribution >= 0.6 is 15.9 Å². The summed E-state index contributed by atoms with van der Waals surface area (Å²) in [7, 11) is 0. The number of carbonyl (C=O) groups excluding carboxylic acids is 1. The van der Waals surface area contributed by atoms with Gasteiger partial charge in [0.25, 0.3) is 5.91 Å². The molecule has 110 valence electrons. The molecular weight excluding hydrogens is 332 g/mol. The normalized spacial score (nSPS) is 14.2. The number of nitrogens with one attached hydrogen (secondary N) is 1. The molecule has 1 aromatic heterocycles. The van der Waals surface area contributed by atoms with Crippen molar-refractivity contribution in [1.82, 2.24) is 20.3 Å². The van der Waals surface area contributed by atoms with E-state index in [0.717, 1.165) is 28.0 Å². The van der Waals surface area contributed by atoms with Gasteiger partial charge in [-0.1, -0.05) is 21.1 Å². The highest BCUT2D eigenvalue weighted by Gasteiger charge is 2.23. The fourth-order valence-corrected chi connectivity index (χ4v) is 2.43. The summed E-state index contributed by atoms with van der Waals surface area (Å²) in [6, 6.07) is 5.93. The van der Waals surface area contributed by atoms with Crippen molar-refractivity contribution in [1.29, 1.82) is 0 Å². The van der Waals surface area contributed by atoms with Gasteiger partial charge in [-0.05, 0) is 56.4 Å². The molecule has 0 spiro atoms. The van der Waals surface area contributed by atoms with Gasteiger partial charge in [0.15, 0.2) is 5.69 Å². The molecule has 1 fully saturated rings. The first kappa shape index (κ1) is 14.3. The van der Waals surface area contributed by atoms with Gasteiger partial charge in [-0.15, -0.1) is 5.10 Å². The summed E-state index contributed by atoms with van der Waals surface area (Å²) in [6.45, 7) is 4.62. The van der Waals surface area contributed by atoms with Crippen LogP contribution in [0.25, 0.3) is 5.69 Å². The van der Waals surface area contributed by atoms with Crippen LogP contribution in [0.4, 0.5) is 0 Å². The van der Waals surface area contributed by atoms with Gasteiger partial charge in [0.05, 0.1) is 11.4 Å². The van der Waals surface area contributed by atoms with Crippen molar-refractivity contribution in [3.8, 4) is 5.69 Å². The summed E-state index contributed by atoms with van der Waals surface area (Å²) in [6.07, 6.45) is 2.42. The van der Waals surface area contributed by atoms with E-state index < -0.39 is 0 Å². The molecule has 2 aromatic rings. The van der Waals surface area contributed by atoms with Crippen LogP contribution in [0.5, 0.6) is 0 Å². The maximum absolute atomic E-state index is 12.1. The van der Waals surface area contributed by atoms with E-state index in [1.54, 1.807) is 4.68 Å². The number of aryl methyl sites for hydroxylation is 1. The van der Waals surface area contributed by atoms with Crippen molar-refractivity contribution in [2.75, 3.05) is 6.54 Å². The molecular formula is C15H17BrN4O. The first-order valence-electron chi connectivity index (χ1n) is 7.03. The summed E-state index contributed by atoms with van der Waals surface area (Å²) in [5.41, 5.74) is 3.17. The number of hydrogen-bond donors (Lipinski definition) is 1. The van der Waals surface area contributed by atoms with E-state index in [0.29, 0.717) is 11.6 Å². The lowest BCUT2D eigenvalue weighted by molar-refractivity contribution is 0.0946. The van der Waals surface area contributed by atoms with E-state index in [2.05, 4.69) is 31.6 Å². The summed E-state index contributed by atoms with van der Waals surface area (Å²) < 4.78 is 2.75. The van der Waals surface area contributed by atoms with Crippen molar-refractivity contribution in [2.45, 2.75) is 26.7 Å². The minimum atomic E-state index is -0.139. The van der Waals surface area contributed by atoms with Gasteiger partial charge in [-0.3, -0.25) is 4.79 Å². The molecule has 0 atom stereocenters. The molecule has 1 saturated carbocycles. The Bertz CT molecular complexity index is 691. The molecule has 3 rings (SSSR count). The van der Waals surface area contributed by atoms with Gasteiger partial charge in [-0.2, -0.15) is 0 Å². The maximum Gasteiger partial charge on any atom is 0.273 e. The third-order valence-corrected chi connectivity index (χ3v) is 4.63. The minimum absolute atomic E-state index is 0.139. The van der Waals surface area contributed by atoms with Gasteiger partial charge >= 0.3 is 0 Å². The van der Waals surface area contributed by atoms with E-state index in [1.807, 2.05) is 32.0 Å². The number of halogens is 1. The molecule has 1 aliphatic carbocycles. The zero-order chi connectivity index (χ0) is 15.0. The Morgan fingerprint density at radius 1 is 1.43 bits per heavy atom. The summed E-state index contributed by atoms with van der Waals surface area (Å²) >= 11 is 3.48. The third-order valence-electron chi connectivity index (χ3n) is 3.74. The smallest absolute Gasteiger partial charge is 0.273 e. The Hall–Kier alpha value is -1.69. The van der Waals surface area contributed by atoms with Crippen LogP contribution in [0.3, 0.4) is 0 Å². The van der Waals surface area contributed by atoms with Gasteiger partial charge < -0.3 is 5.32 Å². The number of rotatable bonds is 4. The fraction of sp³-hybridized carbons (Fsp3) is 0.400. The maximum atomic E-state index is 12.1. The summed E-state index contributed by atoms with van der Waals surface area (Å²) in [5, 5.41) is 11.1. The van der Waals surface area contributed by atoms with Gasteiger partial charge in [0, 0.05) is 11.0 Å². The highest BCUT2D eigenvalue weighted by molar-refractivity contribution is 9.10. The second-order valence-corrected chi connectivity index (χ2v) is 6.38. The Kier molecular flexibility index (Phi) is 3.80. The van der Waals surface area contributed by atoms with Gasteiger partial charge in [0.2, 0.25) is 0 Å². The van der Waals surface area contributed by atoms with Gasteiger partial charge in [0.1, 0.15) is 0 Å². The van der Waals surface area contributed by atoms with Crippen molar-refractivity contribution >= 4 is 21.8 Å². The highest BCUT2D eigenvalue weighted by atomic mass is 79.9. The number of aromatic nitrogens is 3. The fourth-order valence-electron chi connectivity index (χ4n) is 2.19. The molecule has 1 aromatic carbocycles. The summed E-state index contributed by atoms with van der Waals surface area (Å²) in [4.78, 5) is 12.1. The molecule has 21 heavy (non-hydrogen) atoms. The first-order valence-corrected chi connectivity index (χ1v) is 7.82. The van der Waals surface area contributed by atoms with Crippen molar-refractivity contribution < 1.29 is 4.79 Å².